The van der Waals surface area contributed by atoms with Gasteiger partial charge in [0, 0.05) is 21.1 Å². The van der Waals surface area contributed by atoms with Crippen molar-refractivity contribution in [3.05, 3.63) is 0 Å². The molecule has 3 N–H and O–H groups in total. The van der Waals surface area contributed by atoms with Crippen LogP contribution in [0.4, 0.5) is 0 Å². The van der Waals surface area contributed by atoms with Gasteiger partial charge in [-0.1, -0.05) is 0 Å². The van der Waals surface area contributed by atoms with Gasteiger partial charge in [-0.25, -0.2) is 0 Å². The van der Waals surface area contributed by atoms with Crippen molar-refractivity contribution in [1.29, 1.82) is 0 Å². The van der Waals surface area contributed by atoms with E-state index in [-0.39, 0.29) is 27.2 Å². The maximum atomic E-state index is 8.56. The Morgan fingerprint density at radius 3 is 1.33 bits per heavy atom. The first-order valence-electron chi connectivity index (χ1n) is 0.548. The summed E-state index contributed by atoms with van der Waals surface area (Å²) in [5.41, 5.74) is 0. The maximum absolute atomic E-state index is 8.56. The third-order valence-corrected chi connectivity index (χ3v) is 0. The minimum atomic E-state index is -3.94. The zero-order valence-corrected chi connectivity index (χ0v) is 6.19. The molecule has 0 atom stereocenters. The average molecular weight is 212 g/mol. The number of hydrogen-bond acceptors (Lipinski definition) is 4. The molecule has 6 heteroatoms. The van der Waals surface area contributed by atoms with Gasteiger partial charge in [0.1, 0.15) is 0 Å². The molecule has 0 spiro atoms. The molecule has 0 aromatic heterocycles. The van der Waals surface area contributed by atoms with Crippen LogP contribution in [0.5, 0.6) is 0 Å². The summed E-state index contributed by atoms with van der Waals surface area (Å²) < 4.78 is 25.7. The summed E-state index contributed by atoms with van der Waals surface area (Å²) in [7, 11) is 0. The summed E-state index contributed by atoms with van der Waals surface area (Å²) in [6.07, 6.45) is 0. The molecule has 0 heterocycles. The summed E-state index contributed by atoms with van der Waals surface area (Å²) in [4.78, 5) is 0. The van der Waals surface area contributed by atoms with Crippen LogP contribution in [0.2, 0.25) is 0 Å². The predicted octanol–water partition coefficient (Wildman–Crippen LogP) is -1.27. The summed E-state index contributed by atoms with van der Waals surface area (Å²) in [5.74, 6) is 0. The first-order valence-corrected chi connectivity index (χ1v) is 2.26. The van der Waals surface area contributed by atoms with Crippen LogP contribution in [-0.2, 0) is 43.8 Å². The van der Waals surface area contributed by atoms with Crippen molar-refractivity contribution in [2.45, 2.75) is 0 Å². The summed E-state index contributed by atoms with van der Waals surface area (Å²) in [6.45, 7) is 0. The second-order valence-electron chi connectivity index (χ2n) is 0.224. The van der Waals surface area contributed by atoms with Crippen LogP contribution in [0.25, 0.3) is 0 Å². The predicted molar refractivity (Wildman–Crippen MR) is 6.40 cm³/mol. The molecule has 4 nitrogen and oxygen atoms in total. The molecule has 0 fully saturated rings. The quantitative estimate of drug-likeness (QED) is 0.506. The van der Waals surface area contributed by atoms with Crippen LogP contribution in [0.3, 0.4) is 0 Å². The van der Waals surface area contributed by atoms with Crippen LogP contribution >= 0.6 is 0 Å². The van der Waals surface area contributed by atoms with Gasteiger partial charge < -0.3 is 6.15 Å². The van der Waals surface area contributed by atoms with Gasteiger partial charge in [-0.15, -0.1) is 0 Å². The molecule has 0 bridgehead atoms. The fourth-order valence-corrected chi connectivity index (χ4v) is 0. The first-order chi connectivity index (χ1) is 1.73. The molecule has 0 saturated heterocycles. The van der Waals surface area contributed by atoms with Crippen molar-refractivity contribution in [2.24, 2.45) is 0 Å². The van der Waals surface area contributed by atoms with Crippen LogP contribution in [0.1, 0.15) is 0 Å². The van der Waals surface area contributed by atoms with Crippen LogP contribution in [-0.4, -0.2) is 0 Å². The zero-order valence-electron chi connectivity index (χ0n) is 2.79. The van der Waals surface area contributed by atoms with Crippen LogP contribution < -0.4 is 10.2 Å². The van der Waals surface area contributed by atoms with Gasteiger partial charge in [-0.2, -0.15) is 0 Å². The van der Waals surface area contributed by atoms with Gasteiger partial charge in [0.05, 0.1) is 0 Å². The molecule has 0 aliphatic heterocycles. The van der Waals surface area contributed by atoms with Crippen LogP contribution in [0, 0.1) is 0 Å². The Hall–Kier alpha value is 0.793. The fourth-order valence-electron chi connectivity index (χ4n) is 0. The van der Waals surface area contributed by atoms with Gasteiger partial charge >= 0.3 is 26.8 Å². The number of hydrogen-bond donors (Lipinski definition) is 1. The summed E-state index contributed by atoms with van der Waals surface area (Å²) >= 11 is -3.94. The molecule has 38 valence electrons. The Morgan fingerprint density at radius 2 is 1.33 bits per heavy atom. The number of rotatable bonds is 0. The van der Waals surface area contributed by atoms with E-state index in [1.807, 2.05) is 0 Å². The molecular weight excluding hydrogens is 209 g/mol. The van der Waals surface area contributed by atoms with Crippen molar-refractivity contribution in [3.8, 4) is 0 Å². The van der Waals surface area contributed by atoms with E-state index < -0.39 is 15.4 Å². The van der Waals surface area contributed by atoms with Gasteiger partial charge in [0.25, 0.3) is 0 Å². The van der Waals surface area contributed by atoms with E-state index in [4.69, 9.17) is 11.4 Å². The SMILES string of the molecule is N.[Mo].[O]=[V](=[O])[O-]. The molecule has 0 amide bonds. The summed E-state index contributed by atoms with van der Waals surface area (Å²) in [5, 5.41) is 0. The molecule has 6 heavy (non-hydrogen) atoms. The van der Waals surface area contributed by atoms with Crippen molar-refractivity contribution in [1.82, 2.24) is 6.15 Å². The molecule has 0 unspecified atom stereocenters. The van der Waals surface area contributed by atoms with Gasteiger partial charge in [0.15, 0.2) is 0 Å². The van der Waals surface area contributed by atoms with E-state index in [1.54, 1.807) is 0 Å². The van der Waals surface area contributed by atoms with Crippen molar-refractivity contribution < 1.29 is 47.8 Å². The average Bonchev–Trinajstić information content (AvgIpc) is 0.811. The minimum absolute atomic E-state index is 0. The topological polar surface area (TPSA) is 92.2 Å². The Bertz CT molecular complexity index is 59.2. The molecule has 0 rings (SSSR count). The van der Waals surface area contributed by atoms with E-state index in [2.05, 4.69) is 0 Å². The molecule has 0 radical (unpaired) electrons. The van der Waals surface area contributed by atoms with Crippen molar-refractivity contribution in [3.63, 3.8) is 0 Å². The Labute approximate surface area is 54.1 Å². The molecular formula is H3MoNO3V-. The second kappa shape index (κ2) is 9.25. The van der Waals surface area contributed by atoms with Crippen LogP contribution in [0.15, 0.2) is 0 Å². The molecule has 0 aromatic carbocycles. The van der Waals surface area contributed by atoms with Gasteiger partial charge in [-0.3, -0.25) is 0 Å². The second-order valence-corrected chi connectivity index (χ2v) is 0.922. The Kier molecular flexibility index (Phi) is 24.4. The van der Waals surface area contributed by atoms with Gasteiger partial charge in [-0.05, 0) is 0 Å². The Balaban J connectivity index is -0.0000000450. The zero-order chi connectivity index (χ0) is 3.58. The standard InChI is InChI=1S/Mo.H3N.3O.V/h;1H3;;;;/q;;;;-1;. The van der Waals surface area contributed by atoms with E-state index in [1.165, 1.54) is 0 Å². The van der Waals surface area contributed by atoms with Crippen molar-refractivity contribution in [2.75, 3.05) is 0 Å². The van der Waals surface area contributed by atoms with E-state index >= 15 is 0 Å². The van der Waals surface area contributed by atoms with E-state index in [9.17, 15) is 0 Å². The molecule has 0 aliphatic rings. The molecule has 0 aromatic rings. The summed E-state index contributed by atoms with van der Waals surface area (Å²) in [6, 6.07) is 0. The van der Waals surface area contributed by atoms with E-state index in [0.717, 1.165) is 0 Å². The fraction of sp³-hybridized carbons (Fsp3) is 0. The first kappa shape index (κ1) is 15.8. The Morgan fingerprint density at radius 1 is 1.33 bits per heavy atom. The normalized spacial score (nSPS) is 4.17. The van der Waals surface area contributed by atoms with Gasteiger partial charge in [0.2, 0.25) is 0 Å². The molecule has 0 saturated carbocycles. The molecule has 0 aliphatic carbocycles. The van der Waals surface area contributed by atoms with Crippen molar-refractivity contribution >= 4 is 0 Å². The third-order valence-electron chi connectivity index (χ3n) is 0. The monoisotopic (exact) mass is 214 g/mol. The van der Waals surface area contributed by atoms with E-state index in [0.29, 0.717) is 0 Å². The third kappa shape index (κ3) is 110.